The molecule has 0 spiro atoms. The summed E-state index contributed by atoms with van der Waals surface area (Å²) in [5, 5.41) is 11.6. The van der Waals surface area contributed by atoms with Gasteiger partial charge in [0.25, 0.3) is 0 Å². The van der Waals surface area contributed by atoms with Crippen LogP contribution >= 0.6 is 0 Å². The maximum Gasteiger partial charge on any atom is 0.123 e. The molecule has 100 valence electrons. The van der Waals surface area contributed by atoms with E-state index in [4.69, 9.17) is 0 Å². The van der Waals surface area contributed by atoms with Gasteiger partial charge in [-0.3, -0.25) is 0 Å². The summed E-state index contributed by atoms with van der Waals surface area (Å²) in [7, 11) is 0. The van der Waals surface area contributed by atoms with Crippen molar-refractivity contribution in [3.63, 3.8) is 0 Å². The summed E-state index contributed by atoms with van der Waals surface area (Å²) in [5.74, 6) is -0.304. The summed E-state index contributed by atoms with van der Waals surface area (Å²) in [6.07, 6.45) is 1.84. The van der Waals surface area contributed by atoms with E-state index in [9.17, 15) is 9.65 Å². The average Bonchev–Trinajstić information content (AvgIpc) is 2.54. The number of allylic oxidation sites excluding steroid dienone is 1. The minimum atomic E-state index is -0.304. The highest BCUT2D eigenvalue weighted by Crippen LogP contribution is 2.24. The van der Waals surface area contributed by atoms with Crippen LogP contribution in [0.1, 0.15) is 11.1 Å². The van der Waals surface area contributed by atoms with Crippen molar-refractivity contribution in [2.24, 2.45) is 0 Å². The Bertz CT molecular complexity index is 849. The Morgan fingerprint density at radius 1 is 0.905 bits per heavy atom. The van der Waals surface area contributed by atoms with Gasteiger partial charge >= 0.3 is 0 Å². The van der Waals surface area contributed by atoms with E-state index in [2.05, 4.69) is 6.07 Å². The number of hydrogen-bond acceptors (Lipinski definition) is 1. The molecule has 0 aliphatic heterocycles. The van der Waals surface area contributed by atoms with E-state index >= 15 is 0 Å². The maximum atomic E-state index is 13.0. The Labute approximate surface area is 122 Å². The van der Waals surface area contributed by atoms with Crippen LogP contribution in [0.15, 0.2) is 66.7 Å². The van der Waals surface area contributed by atoms with E-state index in [1.54, 1.807) is 12.1 Å². The lowest BCUT2D eigenvalue weighted by atomic mass is 9.99. The lowest BCUT2D eigenvalue weighted by Crippen LogP contribution is -1.84. The molecule has 2 heteroatoms. The highest BCUT2D eigenvalue weighted by Gasteiger charge is 2.03. The summed E-state index contributed by atoms with van der Waals surface area (Å²) >= 11 is 0. The number of benzene rings is 3. The zero-order chi connectivity index (χ0) is 14.7. The van der Waals surface area contributed by atoms with E-state index in [-0.39, 0.29) is 5.82 Å². The Hall–Kier alpha value is -2.92. The van der Waals surface area contributed by atoms with Crippen molar-refractivity contribution in [1.82, 2.24) is 0 Å². The molecule has 0 aliphatic rings. The third kappa shape index (κ3) is 2.68. The predicted molar refractivity (Wildman–Crippen MR) is 83.8 cm³/mol. The molecule has 0 unspecified atom stereocenters. The normalized spacial score (nSPS) is 11.3. The first kappa shape index (κ1) is 13.1. The molecule has 0 aliphatic carbocycles. The molecular formula is C19H12FN. The smallest absolute Gasteiger partial charge is 0.123 e. The van der Waals surface area contributed by atoms with E-state index < -0.39 is 0 Å². The van der Waals surface area contributed by atoms with E-state index in [1.807, 2.05) is 48.5 Å². The van der Waals surface area contributed by atoms with Crippen LogP contribution in [0.3, 0.4) is 0 Å². The lowest BCUT2D eigenvalue weighted by Gasteiger charge is -2.04. The second-order valence-corrected chi connectivity index (χ2v) is 4.75. The molecule has 3 rings (SSSR count). The van der Waals surface area contributed by atoms with Gasteiger partial charge < -0.3 is 0 Å². The van der Waals surface area contributed by atoms with Gasteiger partial charge in [-0.15, -0.1) is 0 Å². The van der Waals surface area contributed by atoms with Crippen LogP contribution in [-0.4, -0.2) is 0 Å². The molecule has 0 saturated carbocycles. The van der Waals surface area contributed by atoms with Crippen LogP contribution < -0.4 is 0 Å². The van der Waals surface area contributed by atoms with Gasteiger partial charge in [0.2, 0.25) is 0 Å². The number of nitrogens with zero attached hydrogens (tertiary/aromatic N) is 1. The Morgan fingerprint density at radius 2 is 1.62 bits per heavy atom. The molecule has 0 radical (unpaired) electrons. The Kier molecular flexibility index (Phi) is 3.49. The van der Waals surface area contributed by atoms with Crippen molar-refractivity contribution in [3.8, 4) is 6.07 Å². The predicted octanol–water partition coefficient (Wildman–Crippen LogP) is 5.04. The van der Waals surface area contributed by atoms with Crippen molar-refractivity contribution in [1.29, 1.82) is 5.26 Å². The fourth-order valence-corrected chi connectivity index (χ4v) is 2.34. The van der Waals surface area contributed by atoms with Gasteiger partial charge in [0.15, 0.2) is 0 Å². The molecule has 0 aromatic heterocycles. The zero-order valence-corrected chi connectivity index (χ0v) is 11.3. The van der Waals surface area contributed by atoms with Gasteiger partial charge in [0.05, 0.1) is 11.6 Å². The van der Waals surface area contributed by atoms with Crippen LogP contribution in [0.4, 0.5) is 4.39 Å². The molecule has 0 saturated heterocycles. The summed E-state index contributed by atoms with van der Waals surface area (Å²) in [5.41, 5.74) is 2.21. The maximum absolute atomic E-state index is 13.0. The minimum absolute atomic E-state index is 0.304. The number of halogens is 1. The van der Waals surface area contributed by atoms with Crippen LogP contribution in [0.2, 0.25) is 0 Å². The summed E-state index contributed by atoms with van der Waals surface area (Å²) in [6, 6.07) is 22.2. The van der Waals surface area contributed by atoms with Gasteiger partial charge in [-0.05, 0) is 40.1 Å². The monoisotopic (exact) mass is 273 g/mol. The molecule has 0 amide bonds. The molecule has 0 N–H and O–H groups in total. The molecule has 0 heterocycles. The molecule has 3 aromatic carbocycles. The molecular weight excluding hydrogens is 261 g/mol. The molecule has 21 heavy (non-hydrogen) atoms. The number of nitriles is 1. The second kappa shape index (κ2) is 5.60. The molecule has 3 aromatic rings. The first-order valence-corrected chi connectivity index (χ1v) is 6.63. The van der Waals surface area contributed by atoms with E-state index in [0.29, 0.717) is 11.1 Å². The first-order valence-electron chi connectivity index (χ1n) is 6.63. The summed E-state index contributed by atoms with van der Waals surface area (Å²) in [6.45, 7) is 0. The van der Waals surface area contributed by atoms with Crippen LogP contribution in [0, 0.1) is 17.1 Å². The van der Waals surface area contributed by atoms with Crippen LogP contribution in [0.5, 0.6) is 0 Å². The summed E-state index contributed by atoms with van der Waals surface area (Å²) in [4.78, 5) is 0. The van der Waals surface area contributed by atoms with Crippen LogP contribution in [-0.2, 0) is 0 Å². The highest BCUT2D eigenvalue weighted by atomic mass is 19.1. The molecule has 1 nitrogen and oxygen atoms in total. The first-order chi connectivity index (χ1) is 10.3. The SMILES string of the molecule is N#CC(=Cc1cccc2ccccc12)c1ccc(F)cc1. The number of hydrogen-bond donors (Lipinski definition) is 0. The lowest BCUT2D eigenvalue weighted by molar-refractivity contribution is 0.627. The minimum Gasteiger partial charge on any atom is -0.207 e. The topological polar surface area (TPSA) is 23.8 Å². The van der Waals surface area contributed by atoms with Crippen molar-refractivity contribution in [3.05, 3.63) is 83.7 Å². The van der Waals surface area contributed by atoms with Crippen molar-refractivity contribution in [2.75, 3.05) is 0 Å². The van der Waals surface area contributed by atoms with Crippen molar-refractivity contribution >= 4 is 22.4 Å². The quantitative estimate of drug-likeness (QED) is 0.474. The fourth-order valence-electron chi connectivity index (χ4n) is 2.34. The third-order valence-corrected chi connectivity index (χ3v) is 3.40. The Morgan fingerprint density at radius 3 is 2.38 bits per heavy atom. The van der Waals surface area contributed by atoms with Gasteiger partial charge in [-0.25, -0.2) is 4.39 Å². The largest absolute Gasteiger partial charge is 0.207 e. The average molecular weight is 273 g/mol. The molecule has 0 bridgehead atoms. The van der Waals surface area contributed by atoms with Crippen LogP contribution in [0.25, 0.3) is 22.4 Å². The third-order valence-electron chi connectivity index (χ3n) is 3.40. The van der Waals surface area contributed by atoms with Gasteiger partial charge in [-0.1, -0.05) is 54.6 Å². The van der Waals surface area contributed by atoms with Crippen molar-refractivity contribution < 1.29 is 4.39 Å². The number of fused-ring (bicyclic) bond motifs is 1. The van der Waals surface area contributed by atoms with Gasteiger partial charge in [-0.2, -0.15) is 5.26 Å². The van der Waals surface area contributed by atoms with Crippen molar-refractivity contribution in [2.45, 2.75) is 0 Å². The molecule has 0 fully saturated rings. The number of rotatable bonds is 2. The second-order valence-electron chi connectivity index (χ2n) is 4.75. The standard InChI is InChI=1S/C19H12FN/c20-18-10-8-14(9-11-18)17(13-21)12-16-6-3-5-15-4-1-2-7-19(15)16/h1-12H. The Balaban J connectivity index is 2.13. The van der Waals surface area contributed by atoms with Gasteiger partial charge in [0, 0.05) is 0 Å². The van der Waals surface area contributed by atoms with Gasteiger partial charge in [0.1, 0.15) is 5.82 Å². The fraction of sp³-hybridized carbons (Fsp3) is 0. The highest BCUT2D eigenvalue weighted by molar-refractivity contribution is 5.98. The zero-order valence-electron chi connectivity index (χ0n) is 11.3. The molecule has 0 atom stereocenters. The summed E-state index contributed by atoms with van der Waals surface area (Å²) < 4.78 is 13.0. The van der Waals surface area contributed by atoms with E-state index in [1.165, 1.54) is 12.1 Å². The van der Waals surface area contributed by atoms with E-state index in [0.717, 1.165) is 16.3 Å².